The molecule has 20 heavy (non-hydrogen) atoms. The van der Waals surface area contributed by atoms with Crippen molar-refractivity contribution in [2.24, 2.45) is 5.73 Å². The van der Waals surface area contributed by atoms with E-state index >= 15 is 0 Å². The van der Waals surface area contributed by atoms with E-state index in [2.05, 4.69) is 0 Å². The summed E-state index contributed by atoms with van der Waals surface area (Å²) in [5.41, 5.74) is 6.74. The number of rotatable bonds is 8. The molecule has 1 aromatic carbocycles. The zero-order valence-electron chi connectivity index (χ0n) is 12.6. The zero-order chi connectivity index (χ0) is 15.0. The number of aryl methyl sites for hydroxylation is 1. The van der Waals surface area contributed by atoms with E-state index in [0.717, 1.165) is 6.42 Å². The maximum absolute atomic E-state index is 11.8. The molecule has 0 saturated heterocycles. The Kier molecular flexibility index (Phi) is 6.68. The summed E-state index contributed by atoms with van der Waals surface area (Å²) >= 11 is 0. The molecule has 1 rings (SSSR count). The van der Waals surface area contributed by atoms with Crippen LogP contribution in [0.4, 0.5) is 0 Å². The third kappa shape index (κ3) is 6.17. The molecule has 0 heterocycles. The lowest BCUT2D eigenvalue weighted by molar-refractivity contribution is -0.146. The number of ether oxygens (including phenoxy) is 2. The first-order valence-electron chi connectivity index (χ1n) is 6.96. The normalized spacial score (nSPS) is 13.0. The highest BCUT2D eigenvalue weighted by Crippen LogP contribution is 2.13. The predicted octanol–water partition coefficient (Wildman–Crippen LogP) is 2.30. The number of methoxy groups -OCH3 is 1. The molecule has 4 heteroatoms. The highest BCUT2D eigenvalue weighted by atomic mass is 16.5. The van der Waals surface area contributed by atoms with Crippen molar-refractivity contribution in [1.82, 2.24) is 0 Å². The molecular weight excluding hydrogens is 254 g/mol. The molecule has 0 fully saturated rings. The van der Waals surface area contributed by atoms with Crippen LogP contribution < -0.4 is 5.73 Å². The Morgan fingerprint density at radius 1 is 1.30 bits per heavy atom. The van der Waals surface area contributed by atoms with Crippen LogP contribution in [-0.4, -0.2) is 31.3 Å². The van der Waals surface area contributed by atoms with Crippen LogP contribution in [0.1, 0.15) is 32.3 Å². The lowest BCUT2D eigenvalue weighted by atomic mass is 10.1. The van der Waals surface area contributed by atoms with Gasteiger partial charge in [-0.2, -0.15) is 0 Å². The van der Waals surface area contributed by atoms with Crippen molar-refractivity contribution >= 4 is 5.97 Å². The largest absolute Gasteiger partial charge is 0.464 e. The van der Waals surface area contributed by atoms with Crippen molar-refractivity contribution in [3.05, 3.63) is 35.9 Å². The fourth-order valence-electron chi connectivity index (χ4n) is 1.69. The Bertz CT molecular complexity index is 403. The van der Waals surface area contributed by atoms with Crippen LogP contribution in [0.15, 0.2) is 30.3 Å². The molecule has 0 aromatic heterocycles. The Morgan fingerprint density at radius 3 is 2.55 bits per heavy atom. The van der Waals surface area contributed by atoms with Crippen LogP contribution in [0.5, 0.6) is 0 Å². The minimum absolute atomic E-state index is 0.283. The fraction of sp³-hybridized carbons (Fsp3) is 0.562. The third-order valence-electron chi connectivity index (χ3n) is 3.39. The summed E-state index contributed by atoms with van der Waals surface area (Å²) in [7, 11) is 1.65. The van der Waals surface area contributed by atoms with Gasteiger partial charge < -0.3 is 15.2 Å². The second-order valence-corrected chi connectivity index (χ2v) is 5.51. The number of nitrogens with two attached hydrogens (primary N) is 1. The highest BCUT2D eigenvalue weighted by Gasteiger charge is 2.19. The van der Waals surface area contributed by atoms with Crippen LogP contribution in [0.3, 0.4) is 0 Å². The molecule has 1 aromatic rings. The van der Waals surface area contributed by atoms with Gasteiger partial charge in [0, 0.05) is 13.5 Å². The van der Waals surface area contributed by atoms with E-state index < -0.39 is 6.04 Å². The number of benzene rings is 1. The molecule has 112 valence electrons. The average Bonchev–Trinajstić information content (AvgIpc) is 2.45. The van der Waals surface area contributed by atoms with E-state index in [4.69, 9.17) is 15.2 Å². The minimum Gasteiger partial charge on any atom is -0.464 e. The summed E-state index contributed by atoms with van der Waals surface area (Å²) in [4.78, 5) is 11.8. The summed E-state index contributed by atoms with van der Waals surface area (Å²) in [5.74, 6) is -0.340. The molecule has 0 aliphatic rings. The van der Waals surface area contributed by atoms with Gasteiger partial charge in [0.1, 0.15) is 6.04 Å². The molecule has 0 aliphatic heterocycles. The first-order valence-corrected chi connectivity index (χ1v) is 6.96. The van der Waals surface area contributed by atoms with Gasteiger partial charge in [0.15, 0.2) is 0 Å². The fourth-order valence-corrected chi connectivity index (χ4v) is 1.69. The standard InChI is InChI=1S/C16H25NO3/c1-16(2,19-3)11-12-20-15(18)14(17)10-9-13-7-5-4-6-8-13/h4-8,14H,9-12,17H2,1-3H3. The van der Waals surface area contributed by atoms with Crippen molar-refractivity contribution in [2.75, 3.05) is 13.7 Å². The summed E-state index contributed by atoms with van der Waals surface area (Å²) in [5, 5.41) is 0. The quantitative estimate of drug-likeness (QED) is 0.742. The van der Waals surface area contributed by atoms with E-state index in [1.54, 1.807) is 7.11 Å². The number of carbonyl (C=O) groups is 1. The first kappa shape index (κ1) is 16.7. The van der Waals surface area contributed by atoms with E-state index in [-0.39, 0.29) is 11.6 Å². The molecule has 2 N–H and O–H groups in total. The smallest absolute Gasteiger partial charge is 0.322 e. The Balaban J connectivity index is 2.26. The maximum atomic E-state index is 11.8. The highest BCUT2D eigenvalue weighted by molar-refractivity contribution is 5.75. The summed E-state index contributed by atoms with van der Waals surface area (Å²) in [6.45, 7) is 4.24. The Labute approximate surface area is 121 Å². The SMILES string of the molecule is COC(C)(C)CCOC(=O)C(N)CCc1ccccc1. The number of esters is 1. The molecular formula is C16H25NO3. The minimum atomic E-state index is -0.569. The van der Waals surface area contributed by atoms with Crippen LogP contribution in [0.25, 0.3) is 0 Å². The number of hydrogen-bond donors (Lipinski definition) is 1. The molecule has 1 unspecified atom stereocenters. The molecule has 0 bridgehead atoms. The van der Waals surface area contributed by atoms with Crippen LogP contribution >= 0.6 is 0 Å². The van der Waals surface area contributed by atoms with Gasteiger partial charge in [-0.05, 0) is 32.3 Å². The molecule has 1 atom stereocenters. The Morgan fingerprint density at radius 2 is 1.95 bits per heavy atom. The van der Waals surface area contributed by atoms with Gasteiger partial charge in [0.05, 0.1) is 12.2 Å². The van der Waals surface area contributed by atoms with Crippen LogP contribution in [0.2, 0.25) is 0 Å². The van der Waals surface area contributed by atoms with Crippen molar-refractivity contribution in [2.45, 2.75) is 44.8 Å². The summed E-state index contributed by atoms with van der Waals surface area (Å²) < 4.78 is 10.4. The monoisotopic (exact) mass is 279 g/mol. The van der Waals surface area contributed by atoms with Gasteiger partial charge in [-0.1, -0.05) is 30.3 Å². The van der Waals surface area contributed by atoms with Gasteiger partial charge in [-0.15, -0.1) is 0 Å². The lowest BCUT2D eigenvalue weighted by Crippen LogP contribution is -2.34. The predicted molar refractivity (Wildman–Crippen MR) is 79.4 cm³/mol. The third-order valence-corrected chi connectivity index (χ3v) is 3.39. The van der Waals surface area contributed by atoms with Gasteiger partial charge in [0.25, 0.3) is 0 Å². The van der Waals surface area contributed by atoms with Crippen LogP contribution in [0, 0.1) is 0 Å². The molecule has 0 saturated carbocycles. The number of hydrogen-bond acceptors (Lipinski definition) is 4. The molecule has 4 nitrogen and oxygen atoms in total. The average molecular weight is 279 g/mol. The molecule has 0 aliphatic carbocycles. The lowest BCUT2D eigenvalue weighted by Gasteiger charge is -2.22. The van der Waals surface area contributed by atoms with Crippen molar-refractivity contribution in [3.8, 4) is 0 Å². The second kappa shape index (κ2) is 8.02. The maximum Gasteiger partial charge on any atom is 0.322 e. The van der Waals surface area contributed by atoms with Crippen molar-refractivity contribution in [1.29, 1.82) is 0 Å². The van der Waals surface area contributed by atoms with Crippen molar-refractivity contribution in [3.63, 3.8) is 0 Å². The molecule has 0 spiro atoms. The van der Waals surface area contributed by atoms with Crippen LogP contribution in [-0.2, 0) is 20.7 Å². The topological polar surface area (TPSA) is 61.5 Å². The molecule has 0 radical (unpaired) electrons. The Hall–Kier alpha value is -1.39. The molecule has 0 amide bonds. The van der Waals surface area contributed by atoms with Gasteiger partial charge in [0.2, 0.25) is 0 Å². The van der Waals surface area contributed by atoms with Gasteiger partial charge in [-0.25, -0.2) is 0 Å². The van der Waals surface area contributed by atoms with E-state index in [1.165, 1.54) is 5.56 Å². The van der Waals surface area contributed by atoms with Gasteiger partial charge in [-0.3, -0.25) is 4.79 Å². The zero-order valence-corrected chi connectivity index (χ0v) is 12.6. The van der Waals surface area contributed by atoms with E-state index in [1.807, 2.05) is 44.2 Å². The van der Waals surface area contributed by atoms with Gasteiger partial charge >= 0.3 is 5.97 Å². The summed E-state index contributed by atoms with van der Waals surface area (Å²) in [6, 6.07) is 9.41. The summed E-state index contributed by atoms with van der Waals surface area (Å²) in [6.07, 6.45) is 2.03. The number of carbonyl (C=O) groups excluding carboxylic acids is 1. The van der Waals surface area contributed by atoms with E-state index in [9.17, 15) is 4.79 Å². The second-order valence-electron chi connectivity index (χ2n) is 5.51. The first-order chi connectivity index (χ1) is 9.44. The van der Waals surface area contributed by atoms with Crippen molar-refractivity contribution < 1.29 is 14.3 Å². The van der Waals surface area contributed by atoms with E-state index in [0.29, 0.717) is 19.4 Å².